The van der Waals surface area contributed by atoms with Crippen LogP contribution in [0.5, 0.6) is 11.5 Å². The lowest BCUT2D eigenvalue weighted by Gasteiger charge is -2.12. The smallest absolute Gasteiger partial charge is 0.333 e. The molecule has 2 rings (SSSR count). The summed E-state index contributed by atoms with van der Waals surface area (Å²) >= 11 is 0. The van der Waals surface area contributed by atoms with Crippen molar-refractivity contribution in [2.75, 3.05) is 14.2 Å². The molecule has 1 fully saturated rings. The van der Waals surface area contributed by atoms with Gasteiger partial charge in [0.2, 0.25) is 0 Å². The predicted octanol–water partition coefficient (Wildman–Crippen LogP) is 4.07. The molecule has 0 saturated carbocycles. The lowest BCUT2D eigenvalue weighted by molar-refractivity contribution is -0.139. The highest BCUT2D eigenvalue weighted by Crippen LogP contribution is 2.31. The molecule has 1 heterocycles. The van der Waals surface area contributed by atoms with E-state index in [1.165, 1.54) is 5.56 Å². The Hall–Kier alpha value is -1.97. The van der Waals surface area contributed by atoms with E-state index in [0.29, 0.717) is 12.0 Å². The molecule has 0 spiro atoms. The van der Waals surface area contributed by atoms with Gasteiger partial charge in [-0.25, -0.2) is 4.79 Å². The van der Waals surface area contributed by atoms with Gasteiger partial charge in [0, 0.05) is 12.0 Å². The number of para-hydroxylation sites is 1. The fraction of sp³-hybridized carbons (Fsp3) is 0.526. The van der Waals surface area contributed by atoms with Crippen LogP contribution in [-0.4, -0.2) is 26.3 Å². The summed E-state index contributed by atoms with van der Waals surface area (Å²) in [6.45, 7) is 3.71. The topological polar surface area (TPSA) is 44.8 Å². The number of benzene rings is 1. The molecule has 4 heteroatoms. The molecule has 1 atom stereocenters. The summed E-state index contributed by atoms with van der Waals surface area (Å²) in [4.78, 5) is 11.2. The monoisotopic (exact) mass is 318 g/mol. The molecule has 0 amide bonds. The van der Waals surface area contributed by atoms with Crippen molar-refractivity contribution in [1.29, 1.82) is 0 Å². The molecule has 4 nitrogen and oxygen atoms in total. The van der Waals surface area contributed by atoms with Gasteiger partial charge in [-0.1, -0.05) is 31.6 Å². The lowest BCUT2D eigenvalue weighted by Crippen LogP contribution is -2.06. The molecular weight excluding hydrogens is 292 g/mol. The first-order chi connectivity index (χ1) is 11.2. The van der Waals surface area contributed by atoms with Gasteiger partial charge in [0.05, 0.1) is 14.2 Å². The average Bonchev–Trinajstić information content (AvgIpc) is 2.88. The Bertz CT molecular complexity index is 534. The number of cyclic esters (lactones) is 1. The van der Waals surface area contributed by atoms with Crippen molar-refractivity contribution in [1.82, 2.24) is 0 Å². The van der Waals surface area contributed by atoms with Crippen molar-refractivity contribution >= 4 is 5.97 Å². The summed E-state index contributed by atoms with van der Waals surface area (Å²) in [6.07, 6.45) is 7.16. The van der Waals surface area contributed by atoms with Gasteiger partial charge in [-0.3, -0.25) is 0 Å². The van der Waals surface area contributed by atoms with Crippen molar-refractivity contribution in [3.05, 3.63) is 35.9 Å². The molecule has 0 aliphatic carbocycles. The first kappa shape index (κ1) is 17.4. The standard InChI is InChI=1S/C19H26O4/c1-14-13-16(23-19(14)20)11-7-5-4-6-9-15-10-8-12-17(21-2)18(15)22-3/h8,10,12,16H,1,4-7,9,11,13H2,2-3H3/t16-/m0/s1. The maximum atomic E-state index is 11.2. The highest BCUT2D eigenvalue weighted by molar-refractivity contribution is 5.89. The first-order valence-corrected chi connectivity index (χ1v) is 8.24. The molecule has 1 aromatic rings. The number of carbonyl (C=O) groups is 1. The summed E-state index contributed by atoms with van der Waals surface area (Å²) in [5.41, 5.74) is 1.80. The highest BCUT2D eigenvalue weighted by Gasteiger charge is 2.26. The van der Waals surface area contributed by atoms with E-state index in [2.05, 4.69) is 12.6 Å². The van der Waals surface area contributed by atoms with E-state index in [0.717, 1.165) is 50.0 Å². The van der Waals surface area contributed by atoms with Crippen molar-refractivity contribution < 1.29 is 19.0 Å². The van der Waals surface area contributed by atoms with Crippen LogP contribution < -0.4 is 9.47 Å². The molecule has 126 valence electrons. The molecule has 1 aliphatic heterocycles. The van der Waals surface area contributed by atoms with Crippen LogP contribution >= 0.6 is 0 Å². The maximum absolute atomic E-state index is 11.2. The fourth-order valence-corrected chi connectivity index (χ4v) is 2.99. The van der Waals surface area contributed by atoms with Crippen molar-refractivity contribution in [3.8, 4) is 11.5 Å². The molecule has 0 bridgehead atoms. The van der Waals surface area contributed by atoms with Crippen LogP contribution in [0.1, 0.15) is 44.1 Å². The molecule has 23 heavy (non-hydrogen) atoms. The number of hydrogen-bond donors (Lipinski definition) is 0. The summed E-state index contributed by atoms with van der Waals surface area (Å²) < 4.78 is 16.0. The summed E-state index contributed by atoms with van der Waals surface area (Å²) in [5, 5.41) is 0. The van der Waals surface area contributed by atoms with E-state index in [9.17, 15) is 4.79 Å². The minimum Gasteiger partial charge on any atom is -0.493 e. The Labute approximate surface area is 138 Å². The zero-order chi connectivity index (χ0) is 16.7. The number of hydrogen-bond acceptors (Lipinski definition) is 4. The van der Waals surface area contributed by atoms with Crippen LogP contribution in [0, 0.1) is 0 Å². The molecule has 1 saturated heterocycles. The Morgan fingerprint density at radius 1 is 1.17 bits per heavy atom. The number of aryl methyl sites for hydroxylation is 1. The van der Waals surface area contributed by atoms with E-state index in [1.807, 2.05) is 12.1 Å². The van der Waals surface area contributed by atoms with Gasteiger partial charge in [-0.15, -0.1) is 0 Å². The molecule has 1 aromatic carbocycles. The van der Waals surface area contributed by atoms with Crippen LogP contribution in [0.25, 0.3) is 0 Å². The Kier molecular flexibility index (Phi) is 6.51. The van der Waals surface area contributed by atoms with Crippen LogP contribution in [0.4, 0.5) is 0 Å². The number of unbranched alkanes of at least 4 members (excludes halogenated alkanes) is 3. The van der Waals surface area contributed by atoms with E-state index in [-0.39, 0.29) is 12.1 Å². The van der Waals surface area contributed by atoms with Crippen LogP contribution in [-0.2, 0) is 16.0 Å². The summed E-state index contributed by atoms with van der Waals surface area (Å²) in [5.74, 6) is 1.40. The van der Waals surface area contributed by atoms with E-state index in [4.69, 9.17) is 14.2 Å². The third-order valence-electron chi connectivity index (χ3n) is 4.24. The van der Waals surface area contributed by atoms with Gasteiger partial charge in [-0.05, 0) is 37.3 Å². The van der Waals surface area contributed by atoms with Gasteiger partial charge in [0.15, 0.2) is 11.5 Å². The number of ether oxygens (including phenoxy) is 3. The number of esters is 1. The van der Waals surface area contributed by atoms with Crippen LogP contribution in [0.15, 0.2) is 30.4 Å². The third kappa shape index (κ3) is 4.75. The summed E-state index contributed by atoms with van der Waals surface area (Å²) in [6, 6.07) is 6.00. The van der Waals surface area contributed by atoms with E-state index < -0.39 is 0 Å². The molecule has 0 radical (unpaired) electrons. The van der Waals surface area contributed by atoms with Crippen LogP contribution in [0.2, 0.25) is 0 Å². The Balaban J connectivity index is 1.66. The quantitative estimate of drug-likeness (QED) is 0.391. The largest absolute Gasteiger partial charge is 0.493 e. The second-order valence-corrected chi connectivity index (χ2v) is 5.94. The molecule has 0 N–H and O–H groups in total. The van der Waals surface area contributed by atoms with Crippen LogP contribution in [0.3, 0.4) is 0 Å². The maximum Gasteiger partial charge on any atom is 0.333 e. The highest BCUT2D eigenvalue weighted by atomic mass is 16.5. The van der Waals surface area contributed by atoms with Gasteiger partial charge in [0.1, 0.15) is 6.10 Å². The Morgan fingerprint density at radius 2 is 1.96 bits per heavy atom. The minimum absolute atomic E-state index is 0.0495. The number of rotatable bonds is 9. The van der Waals surface area contributed by atoms with Crippen molar-refractivity contribution in [2.45, 2.75) is 51.0 Å². The van der Waals surface area contributed by atoms with Gasteiger partial charge >= 0.3 is 5.97 Å². The zero-order valence-corrected chi connectivity index (χ0v) is 14.1. The van der Waals surface area contributed by atoms with E-state index >= 15 is 0 Å². The summed E-state index contributed by atoms with van der Waals surface area (Å²) in [7, 11) is 3.34. The average molecular weight is 318 g/mol. The van der Waals surface area contributed by atoms with Crippen molar-refractivity contribution in [3.63, 3.8) is 0 Å². The van der Waals surface area contributed by atoms with E-state index in [1.54, 1.807) is 14.2 Å². The van der Waals surface area contributed by atoms with Gasteiger partial charge < -0.3 is 14.2 Å². The lowest BCUT2D eigenvalue weighted by atomic mass is 10.0. The SMILES string of the molecule is C=C1C[C@H](CCCCCCc2cccc(OC)c2OC)OC1=O. The second kappa shape index (κ2) is 8.61. The molecule has 1 aliphatic rings. The minimum atomic E-state index is -0.222. The zero-order valence-electron chi connectivity index (χ0n) is 14.1. The predicted molar refractivity (Wildman–Crippen MR) is 90.0 cm³/mol. The normalized spacial score (nSPS) is 17.2. The number of carbonyl (C=O) groups excluding carboxylic acids is 1. The number of methoxy groups -OCH3 is 2. The second-order valence-electron chi connectivity index (χ2n) is 5.94. The van der Waals surface area contributed by atoms with Gasteiger partial charge in [-0.2, -0.15) is 0 Å². The third-order valence-corrected chi connectivity index (χ3v) is 4.24. The van der Waals surface area contributed by atoms with Gasteiger partial charge in [0.25, 0.3) is 0 Å². The first-order valence-electron chi connectivity index (χ1n) is 8.24. The molecule has 0 unspecified atom stereocenters. The fourth-order valence-electron chi connectivity index (χ4n) is 2.99. The molecule has 0 aromatic heterocycles. The van der Waals surface area contributed by atoms with Crippen molar-refractivity contribution in [2.24, 2.45) is 0 Å². The molecular formula is C19H26O4. The Morgan fingerprint density at radius 3 is 2.61 bits per heavy atom.